The van der Waals surface area contributed by atoms with E-state index in [0.717, 1.165) is 18.6 Å². The normalized spacial score (nSPS) is 16.8. The molecule has 0 amide bonds. The van der Waals surface area contributed by atoms with Crippen LogP contribution in [0.15, 0.2) is 12.1 Å². The summed E-state index contributed by atoms with van der Waals surface area (Å²) >= 11 is 16.3. The number of hydrogen-bond acceptors (Lipinski definition) is 4. The van der Waals surface area contributed by atoms with Gasteiger partial charge in [0.25, 0.3) is 5.69 Å². The van der Waals surface area contributed by atoms with Gasteiger partial charge in [-0.05, 0) is 18.6 Å². The van der Waals surface area contributed by atoms with Crippen LogP contribution in [-0.4, -0.2) is 17.3 Å². The van der Waals surface area contributed by atoms with E-state index < -0.39 is 4.92 Å². The second-order valence-corrected chi connectivity index (χ2v) is 5.93. The third-order valence-electron chi connectivity index (χ3n) is 3.47. The molecule has 0 radical (unpaired) electrons. The molecule has 0 saturated heterocycles. The maximum Gasteiger partial charge on any atom is 0.272 e. The Kier molecular flexibility index (Phi) is 4.48. The monoisotopic (exact) mass is 321 g/mol. The zero-order valence-corrected chi connectivity index (χ0v) is 12.5. The van der Waals surface area contributed by atoms with Gasteiger partial charge in [-0.3, -0.25) is 10.1 Å². The van der Waals surface area contributed by atoms with Gasteiger partial charge in [0.15, 0.2) is 5.75 Å². The van der Waals surface area contributed by atoms with Crippen LogP contribution in [0, 0.1) is 15.5 Å². The average Bonchev–Trinajstić information content (AvgIpc) is 2.30. The van der Waals surface area contributed by atoms with Crippen LogP contribution >= 0.6 is 35.8 Å². The van der Waals surface area contributed by atoms with Crippen molar-refractivity contribution >= 4 is 41.5 Å². The molecule has 1 aromatic rings. The first kappa shape index (κ1) is 14.8. The first-order valence-electron chi connectivity index (χ1n) is 5.84. The fourth-order valence-electron chi connectivity index (χ4n) is 2.04. The minimum Gasteiger partial charge on any atom is -0.490 e. The van der Waals surface area contributed by atoms with Crippen molar-refractivity contribution in [3.05, 3.63) is 32.3 Å². The molecule has 0 atom stereocenters. The first-order chi connectivity index (χ1) is 8.97. The Morgan fingerprint density at radius 3 is 2.32 bits per heavy atom. The minimum atomic E-state index is -0.539. The van der Waals surface area contributed by atoms with Crippen LogP contribution in [0.1, 0.15) is 19.3 Å². The fourth-order valence-corrected chi connectivity index (χ4v) is 3.03. The molecule has 0 aliphatic heterocycles. The summed E-state index contributed by atoms with van der Waals surface area (Å²) in [5.41, 5.74) is -0.0627. The molecule has 0 heterocycles. The molecule has 0 bridgehead atoms. The lowest BCUT2D eigenvalue weighted by atomic mass is 9.71. The minimum absolute atomic E-state index is 0.0809. The van der Waals surface area contributed by atoms with E-state index in [1.54, 1.807) is 0 Å². The molecule has 0 unspecified atom stereocenters. The van der Waals surface area contributed by atoms with Crippen molar-refractivity contribution in [1.82, 2.24) is 0 Å². The van der Waals surface area contributed by atoms with Crippen molar-refractivity contribution in [2.24, 2.45) is 5.41 Å². The summed E-state index contributed by atoms with van der Waals surface area (Å²) < 4.78 is 5.67. The van der Waals surface area contributed by atoms with E-state index >= 15 is 0 Å². The third kappa shape index (κ3) is 3.09. The van der Waals surface area contributed by atoms with Crippen molar-refractivity contribution in [3.8, 4) is 5.75 Å². The number of rotatable bonds is 5. The van der Waals surface area contributed by atoms with Crippen LogP contribution in [0.5, 0.6) is 5.75 Å². The molecule has 7 heteroatoms. The average molecular weight is 322 g/mol. The van der Waals surface area contributed by atoms with Crippen molar-refractivity contribution in [2.45, 2.75) is 19.3 Å². The van der Waals surface area contributed by atoms with E-state index in [4.69, 9.17) is 27.9 Å². The predicted octanol–water partition coefficient (Wildman–Crippen LogP) is 4.38. The summed E-state index contributed by atoms with van der Waals surface area (Å²) in [4.78, 5) is 10.1. The maximum atomic E-state index is 10.7. The molecular formula is C12H13Cl2NO3S. The molecule has 0 N–H and O–H groups in total. The van der Waals surface area contributed by atoms with Crippen molar-refractivity contribution in [3.63, 3.8) is 0 Å². The molecular weight excluding hydrogens is 309 g/mol. The van der Waals surface area contributed by atoms with Crippen molar-refractivity contribution in [2.75, 3.05) is 12.4 Å². The van der Waals surface area contributed by atoms with Crippen LogP contribution < -0.4 is 4.74 Å². The Morgan fingerprint density at radius 2 is 1.95 bits per heavy atom. The maximum absolute atomic E-state index is 10.7. The Balaban J connectivity index is 2.14. The van der Waals surface area contributed by atoms with Gasteiger partial charge in [-0.2, -0.15) is 12.6 Å². The van der Waals surface area contributed by atoms with E-state index in [1.807, 2.05) is 0 Å². The number of nitro benzene ring substituents is 1. The largest absolute Gasteiger partial charge is 0.490 e. The van der Waals surface area contributed by atoms with Crippen LogP contribution in [0.2, 0.25) is 10.0 Å². The van der Waals surface area contributed by atoms with E-state index in [2.05, 4.69) is 12.6 Å². The SMILES string of the molecule is O=[N+]([O-])c1cc(Cl)c(OCC2(CS)CCC2)c(Cl)c1. The Morgan fingerprint density at radius 1 is 1.37 bits per heavy atom. The van der Waals surface area contributed by atoms with Gasteiger partial charge in [-0.25, -0.2) is 0 Å². The number of halogens is 2. The lowest BCUT2D eigenvalue weighted by Gasteiger charge is -2.40. The van der Waals surface area contributed by atoms with Crippen molar-refractivity contribution in [1.29, 1.82) is 0 Å². The zero-order valence-electron chi connectivity index (χ0n) is 10.1. The second kappa shape index (κ2) is 5.77. The molecule has 1 aliphatic rings. The van der Waals surface area contributed by atoms with Gasteiger partial charge in [-0.15, -0.1) is 0 Å². The summed E-state index contributed by atoms with van der Waals surface area (Å²) in [6.07, 6.45) is 3.31. The molecule has 19 heavy (non-hydrogen) atoms. The highest BCUT2D eigenvalue weighted by Crippen LogP contribution is 2.44. The number of thiol groups is 1. The van der Waals surface area contributed by atoms with Gasteiger partial charge >= 0.3 is 0 Å². The molecule has 104 valence electrons. The van der Waals surface area contributed by atoms with E-state index in [1.165, 1.54) is 18.6 Å². The van der Waals surface area contributed by atoms with Gasteiger partial charge in [0, 0.05) is 17.5 Å². The first-order valence-corrected chi connectivity index (χ1v) is 7.23. The van der Waals surface area contributed by atoms with Gasteiger partial charge in [-0.1, -0.05) is 29.6 Å². The molecule has 1 aromatic carbocycles. The number of nitrogens with zero attached hydrogens (tertiary/aromatic N) is 1. The summed E-state index contributed by atoms with van der Waals surface area (Å²) in [6.45, 7) is 0.480. The Bertz CT molecular complexity index is 477. The Labute approximate surface area is 126 Å². The van der Waals surface area contributed by atoms with Gasteiger partial charge < -0.3 is 4.74 Å². The summed E-state index contributed by atoms with van der Waals surface area (Å²) in [6, 6.07) is 2.49. The van der Waals surface area contributed by atoms with Crippen LogP contribution in [0.3, 0.4) is 0 Å². The topological polar surface area (TPSA) is 52.4 Å². The standard InChI is InChI=1S/C12H13Cl2NO3S/c13-9-4-8(15(16)17)5-10(14)11(9)18-6-12(7-19)2-1-3-12/h4-5,19H,1-3,6-7H2. The number of benzene rings is 1. The molecule has 4 nitrogen and oxygen atoms in total. The van der Waals surface area contributed by atoms with Gasteiger partial charge in [0.2, 0.25) is 0 Å². The number of nitro groups is 1. The lowest BCUT2D eigenvalue weighted by molar-refractivity contribution is -0.384. The van der Waals surface area contributed by atoms with E-state index in [0.29, 0.717) is 12.4 Å². The van der Waals surface area contributed by atoms with Crippen molar-refractivity contribution < 1.29 is 9.66 Å². The fraction of sp³-hybridized carbons (Fsp3) is 0.500. The van der Waals surface area contributed by atoms with E-state index in [-0.39, 0.29) is 21.1 Å². The van der Waals surface area contributed by atoms with Gasteiger partial charge in [0.1, 0.15) is 0 Å². The summed E-state index contributed by atoms with van der Waals surface area (Å²) in [5.74, 6) is 1.05. The highest BCUT2D eigenvalue weighted by molar-refractivity contribution is 7.80. The number of hydrogen-bond donors (Lipinski definition) is 1. The van der Waals surface area contributed by atoms with Crippen LogP contribution in [0.4, 0.5) is 5.69 Å². The second-order valence-electron chi connectivity index (χ2n) is 4.80. The van der Waals surface area contributed by atoms with Gasteiger partial charge in [0.05, 0.1) is 21.6 Å². The number of non-ortho nitro benzene ring substituents is 1. The molecule has 1 aliphatic carbocycles. The van der Waals surface area contributed by atoms with Crippen LogP contribution in [0.25, 0.3) is 0 Å². The number of ether oxygens (including phenoxy) is 1. The lowest BCUT2D eigenvalue weighted by Crippen LogP contribution is -2.37. The highest BCUT2D eigenvalue weighted by Gasteiger charge is 2.36. The zero-order chi connectivity index (χ0) is 14.0. The van der Waals surface area contributed by atoms with Crippen LogP contribution in [-0.2, 0) is 0 Å². The molecule has 2 rings (SSSR count). The predicted molar refractivity (Wildman–Crippen MR) is 78.7 cm³/mol. The molecule has 0 aromatic heterocycles. The third-order valence-corrected chi connectivity index (χ3v) is 4.70. The quantitative estimate of drug-likeness (QED) is 0.497. The smallest absolute Gasteiger partial charge is 0.272 e. The summed E-state index contributed by atoms with van der Waals surface area (Å²) in [5, 5.41) is 11.0. The highest BCUT2D eigenvalue weighted by atomic mass is 35.5. The molecule has 1 saturated carbocycles. The van der Waals surface area contributed by atoms with E-state index in [9.17, 15) is 10.1 Å². The molecule has 1 fully saturated rings. The molecule has 0 spiro atoms. The Hall–Kier alpha value is -0.650. The summed E-state index contributed by atoms with van der Waals surface area (Å²) in [7, 11) is 0.